The fraction of sp³-hybridized carbons (Fsp3) is 0.609. The van der Waals surface area contributed by atoms with E-state index >= 15 is 0 Å². The summed E-state index contributed by atoms with van der Waals surface area (Å²) in [4.78, 5) is 50.5. The maximum Gasteiger partial charge on any atom is 0.269 e. The normalized spacial score (nSPS) is 16.8. The highest BCUT2D eigenvalue weighted by Gasteiger charge is 2.35. The second kappa shape index (κ2) is 11.9. The van der Waals surface area contributed by atoms with Gasteiger partial charge in [-0.25, -0.2) is 0 Å². The third-order valence-electron chi connectivity index (χ3n) is 5.15. The van der Waals surface area contributed by atoms with Crippen LogP contribution in [0, 0.1) is 10.1 Å². The number of carbonyl (C=O) groups is 3. The third-order valence-corrected chi connectivity index (χ3v) is 5.15. The van der Waals surface area contributed by atoms with Gasteiger partial charge in [0.1, 0.15) is 12.1 Å². The fourth-order valence-electron chi connectivity index (χ4n) is 3.59. The molecule has 2 rings (SSSR count). The summed E-state index contributed by atoms with van der Waals surface area (Å²) in [6.45, 7) is 10.5. The molecule has 11 heteroatoms. The number of hydrogen-bond donors (Lipinski definition) is 2. The number of ether oxygens (including phenoxy) is 2. The van der Waals surface area contributed by atoms with Crippen molar-refractivity contribution in [3.63, 3.8) is 0 Å². The SMILES string of the molecule is C[C@H](NC(=O)Cc1cccc([N+](=O)[O-])c1)C(=O)NC(C(=O)N1CCOCC1)[C@H](C)OC(C)(C)C. The molecule has 0 bridgehead atoms. The Labute approximate surface area is 199 Å². The molecule has 1 aromatic rings. The van der Waals surface area contributed by atoms with Crippen molar-refractivity contribution in [3.05, 3.63) is 39.9 Å². The number of amides is 3. The lowest BCUT2D eigenvalue weighted by Crippen LogP contribution is -2.59. The van der Waals surface area contributed by atoms with Gasteiger partial charge in [0.15, 0.2) is 0 Å². The average Bonchev–Trinajstić information content (AvgIpc) is 2.76. The second-order valence-electron chi connectivity index (χ2n) is 9.25. The van der Waals surface area contributed by atoms with Crippen LogP contribution in [0.25, 0.3) is 0 Å². The van der Waals surface area contributed by atoms with Crippen LogP contribution in [0.2, 0.25) is 0 Å². The maximum absolute atomic E-state index is 13.2. The van der Waals surface area contributed by atoms with Crippen molar-refractivity contribution in [1.29, 1.82) is 0 Å². The smallest absolute Gasteiger partial charge is 0.269 e. The minimum Gasteiger partial charge on any atom is -0.378 e. The Hall–Kier alpha value is -3.05. The van der Waals surface area contributed by atoms with Crippen LogP contribution >= 0.6 is 0 Å². The van der Waals surface area contributed by atoms with E-state index in [0.29, 0.717) is 31.9 Å². The van der Waals surface area contributed by atoms with Crippen LogP contribution in [0.1, 0.15) is 40.2 Å². The van der Waals surface area contributed by atoms with Crippen LogP contribution in [0.4, 0.5) is 5.69 Å². The molecule has 0 aliphatic carbocycles. The lowest BCUT2D eigenvalue weighted by Gasteiger charge is -2.35. The molecule has 188 valence electrons. The molecule has 0 aromatic heterocycles. The van der Waals surface area contributed by atoms with Gasteiger partial charge in [-0.15, -0.1) is 0 Å². The first kappa shape index (κ1) is 27.2. The number of carbonyl (C=O) groups excluding carboxylic acids is 3. The number of nitro groups is 1. The summed E-state index contributed by atoms with van der Waals surface area (Å²) in [7, 11) is 0. The number of nitro benzene ring substituents is 1. The highest BCUT2D eigenvalue weighted by Crippen LogP contribution is 2.16. The summed E-state index contributed by atoms with van der Waals surface area (Å²) in [5.41, 5.74) is -0.202. The summed E-state index contributed by atoms with van der Waals surface area (Å²) < 4.78 is 11.3. The van der Waals surface area contributed by atoms with Gasteiger partial charge in [-0.3, -0.25) is 24.5 Å². The minimum absolute atomic E-state index is 0.117. The van der Waals surface area contributed by atoms with Gasteiger partial charge >= 0.3 is 0 Å². The van der Waals surface area contributed by atoms with E-state index in [-0.39, 0.29) is 18.0 Å². The summed E-state index contributed by atoms with van der Waals surface area (Å²) >= 11 is 0. The predicted molar refractivity (Wildman–Crippen MR) is 124 cm³/mol. The molecule has 3 amide bonds. The molecule has 0 saturated carbocycles. The average molecular weight is 479 g/mol. The Kier molecular flexibility index (Phi) is 9.51. The van der Waals surface area contributed by atoms with Crippen LogP contribution in [0.5, 0.6) is 0 Å². The zero-order chi connectivity index (χ0) is 25.5. The molecule has 11 nitrogen and oxygen atoms in total. The maximum atomic E-state index is 13.2. The molecule has 2 N–H and O–H groups in total. The number of rotatable bonds is 9. The van der Waals surface area contributed by atoms with Crippen molar-refractivity contribution in [2.75, 3.05) is 26.3 Å². The standard InChI is InChI=1S/C23H34N4O7/c1-15(24-19(28)14-17-7-6-8-18(13-17)27(31)32)21(29)25-20(16(2)34-23(3,4)5)22(30)26-9-11-33-12-10-26/h6-8,13,15-16,20H,9-12,14H2,1-5H3,(H,24,28)(H,25,29)/t15-,16-,20?/m0/s1. The third kappa shape index (κ3) is 8.38. The summed E-state index contributed by atoms with van der Waals surface area (Å²) in [6, 6.07) is 3.86. The fourth-order valence-corrected chi connectivity index (χ4v) is 3.59. The van der Waals surface area contributed by atoms with Crippen molar-refractivity contribution >= 4 is 23.4 Å². The lowest BCUT2D eigenvalue weighted by molar-refractivity contribution is -0.384. The van der Waals surface area contributed by atoms with Crippen LogP contribution in [-0.4, -0.2) is 77.6 Å². The van der Waals surface area contributed by atoms with Gasteiger partial charge in [0, 0.05) is 25.2 Å². The summed E-state index contributed by atoms with van der Waals surface area (Å²) in [5.74, 6) is -1.29. The van der Waals surface area contributed by atoms with E-state index < -0.39 is 40.5 Å². The summed E-state index contributed by atoms with van der Waals surface area (Å²) in [6.07, 6.45) is -0.744. The first-order valence-corrected chi connectivity index (χ1v) is 11.2. The van der Waals surface area contributed by atoms with E-state index in [1.54, 1.807) is 17.9 Å². The van der Waals surface area contributed by atoms with E-state index in [1.807, 2.05) is 20.8 Å². The van der Waals surface area contributed by atoms with Gasteiger partial charge in [0.2, 0.25) is 17.7 Å². The van der Waals surface area contributed by atoms with Crippen molar-refractivity contribution in [2.24, 2.45) is 0 Å². The highest BCUT2D eigenvalue weighted by atomic mass is 16.6. The molecule has 1 saturated heterocycles. The zero-order valence-corrected chi connectivity index (χ0v) is 20.3. The molecular weight excluding hydrogens is 444 g/mol. The summed E-state index contributed by atoms with van der Waals surface area (Å²) in [5, 5.41) is 16.2. The molecule has 1 aliphatic heterocycles. The van der Waals surface area contributed by atoms with Gasteiger partial charge in [0.05, 0.1) is 36.3 Å². The van der Waals surface area contributed by atoms with Crippen LogP contribution in [-0.2, 0) is 30.3 Å². The molecule has 1 aliphatic rings. The van der Waals surface area contributed by atoms with Gasteiger partial charge in [-0.1, -0.05) is 12.1 Å². The molecular formula is C23H34N4O7. The zero-order valence-electron chi connectivity index (χ0n) is 20.3. The Morgan fingerprint density at radius 1 is 1.18 bits per heavy atom. The molecule has 1 heterocycles. The van der Waals surface area contributed by atoms with E-state index in [9.17, 15) is 24.5 Å². The number of morpholine rings is 1. The molecule has 34 heavy (non-hydrogen) atoms. The Bertz CT molecular complexity index is 894. The number of hydrogen-bond acceptors (Lipinski definition) is 7. The quantitative estimate of drug-likeness (QED) is 0.401. The van der Waals surface area contributed by atoms with Crippen LogP contribution in [0.3, 0.4) is 0 Å². The van der Waals surface area contributed by atoms with Crippen LogP contribution < -0.4 is 10.6 Å². The first-order chi connectivity index (χ1) is 15.9. The lowest BCUT2D eigenvalue weighted by atomic mass is 10.1. The highest BCUT2D eigenvalue weighted by molar-refractivity contribution is 5.92. The van der Waals surface area contributed by atoms with Crippen molar-refractivity contribution in [1.82, 2.24) is 15.5 Å². The van der Waals surface area contributed by atoms with E-state index in [4.69, 9.17) is 9.47 Å². The van der Waals surface area contributed by atoms with Gasteiger partial charge in [-0.2, -0.15) is 0 Å². The largest absolute Gasteiger partial charge is 0.378 e. The molecule has 0 radical (unpaired) electrons. The molecule has 1 aromatic carbocycles. The van der Waals surface area contributed by atoms with Crippen molar-refractivity contribution in [2.45, 2.75) is 64.8 Å². The molecule has 3 atom stereocenters. The van der Waals surface area contributed by atoms with Gasteiger partial charge in [-0.05, 0) is 40.2 Å². The minimum atomic E-state index is -0.944. The topological polar surface area (TPSA) is 140 Å². The van der Waals surface area contributed by atoms with Crippen LogP contribution in [0.15, 0.2) is 24.3 Å². The molecule has 0 spiro atoms. The Morgan fingerprint density at radius 3 is 2.41 bits per heavy atom. The van der Waals surface area contributed by atoms with E-state index in [0.717, 1.165) is 0 Å². The van der Waals surface area contributed by atoms with Gasteiger partial charge < -0.3 is 25.0 Å². The number of nitrogens with zero attached hydrogens (tertiary/aromatic N) is 2. The molecule has 1 unspecified atom stereocenters. The van der Waals surface area contributed by atoms with Gasteiger partial charge in [0.25, 0.3) is 5.69 Å². The predicted octanol–water partition coefficient (Wildman–Crippen LogP) is 1.19. The molecule has 1 fully saturated rings. The monoisotopic (exact) mass is 478 g/mol. The van der Waals surface area contributed by atoms with E-state index in [2.05, 4.69) is 10.6 Å². The second-order valence-corrected chi connectivity index (χ2v) is 9.25. The Morgan fingerprint density at radius 2 is 1.82 bits per heavy atom. The Balaban J connectivity index is 2.04. The first-order valence-electron chi connectivity index (χ1n) is 11.2. The van der Waals surface area contributed by atoms with E-state index in [1.165, 1.54) is 25.1 Å². The van der Waals surface area contributed by atoms with Crippen molar-refractivity contribution in [3.8, 4) is 0 Å². The number of nitrogens with one attached hydrogen (secondary N) is 2. The van der Waals surface area contributed by atoms with Crippen molar-refractivity contribution < 1.29 is 28.8 Å². The number of non-ortho nitro benzene ring substituents is 1. The number of benzene rings is 1.